The van der Waals surface area contributed by atoms with Gasteiger partial charge in [0.25, 0.3) is 0 Å². The topological polar surface area (TPSA) is 0 Å². The van der Waals surface area contributed by atoms with Gasteiger partial charge in [0.05, 0.1) is 8.07 Å². The second-order valence-electron chi connectivity index (χ2n) is 7.70. The highest BCUT2D eigenvalue weighted by molar-refractivity contribution is 6.83. The predicted octanol–water partition coefficient (Wildman–Crippen LogP) is 5.76. The zero-order valence-electron chi connectivity index (χ0n) is 15.0. The summed E-state index contributed by atoms with van der Waals surface area (Å²) in [7, 11) is -1.17. The standard InChI is InChI=1S/C20H30Si/c1-13-14(2)16(4)20(17(5)15(13)3)12-18-9-10-19(11-18)21(6,7)8/h9-11,18H,12H2,1-8H3. The van der Waals surface area contributed by atoms with Crippen molar-refractivity contribution in [3.63, 3.8) is 0 Å². The maximum absolute atomic E-state index is 2.52. The molecular formula is C20H30Si. The Kier molecular flexibility index (Phi) is 4.35. The van der Waals surface area contributed by atoms with Gasteiger partial charge in [-0.25, -0.2) is 0 Å². The van der Waals surface area contributed by atoms with Crippen LogP contribution in [-0.2, 0) is 6.42 Å². The lowest BCUT2D eigenvalue weighted by Gasteiger charge is -2.20. The molecule has 1 aliphatic carbocycles. The van der Waals surface area contributed by atoms with Gasteiger partial charge in [-0.3, -0.25) is 0 Å². The monoisotopic (exact) mass is 298 g/mol. The Morgan fingerprint density at radius 3 is 1.71 bits per heavy atom. The smallest absolute Gasteiger partial charge is 0.0771 e. The van der Waals surface area contributed by atoms with Crippen molar-refractivity contribution in [3.8, 4) is 0 Å². The van der Waals surface area contributed by atoms with Gasteiger partial charge < -0.3 is 0 Å². The molecule has 0 amide bonds. The molecule has 2 rings (SSSR count). The molecule has 0 saturated heterocycles. The van der Waals surface area contributed by atoms with Crippen LogP contribution in [0.25, 0.3) is 0 Å². The van der Waals surface area contributed by atoms with Crippen molar-refractivity contribution in [1.29, 1.82) is 0 Å². The van der Waals surface area contributed by atoms with Crippen molar-refractivity contribution in [3.05, 3.63) is 56.8 Å². The molecule has 114 valence electrons. The summed E-state index contributed by atoms with van der Waals surface area (Å²) in [6.45, 7) is 18.7. The van der Waals surface area contributed by atoms with E-state index in [1.54, 1.807) is 10.8 Å². The molecule has 1 heteroatoms. The zero-order chi connectivity index (χ0) is 15.9. The summed E-state index contributed by atoms with van der Waals surface area (Å²) < 4.78 is 0. The third-order valence-corrected chi connectivity index (χ3v) is 7.44. The molecule has 21 heavy (non-hydrogen) atoms. The summed E-state index contributed by atoms with van der Waals surface area (Å²) in [5.41, 5.74) is 8.99. The number of hydrogen-bond acceptors (Lipinski definition) is 0. The first-order chi connectivity index (χ1) is 9.62. The molecule has 1 aliphatic rings. The predicted molar refractivity (Wildman–Crippen MR) is 97.9 cm³/mol. The van der Waals surface area contributed by atoms with Crippen LogP contribution >= 0.6 is 0 Å². The average molecular weight is 299 g/mol. The third kappa shape index (κ3) is 3.08. The Morgan fingerprint density at radius 2 is 1.29 bits per heavy atom. The van der Waals surface area contributed by atoms with Crippen LogP contribution in [0, 0.1) is 40.5 Å². The summed E-state index contributed by atoms with van der Waals surface area (Å²) in [6.07, 6.45) is 8.48. The molecule has 0 saturated carbocycles. The third-order valence-electron chi connectivity index (χ3n) is 5.38. The van der Waals surface area contributed by atoms with Crippen molar-refractivity contribution in [1.82, 2.24) is 0 Å². The van der Waals surface area contributed by atoms with Gasteiger partial charge in [-0.2, -0.15) is 0 Å². The van der Waals surface area contributed by atoms with Gasteiger partial charge in [-0.1, -0.05) is 43.1 Å². The SMILES string of the molecule is Cc1c(C)c(C)c(CC2C=CC([Si](C)(C)C)=C2)c(C)c1C. The minimum atomic E-state index is -1.17. The van der Waals surface area contributed by atoms with E-state index >= 15 is 0 Å². The summed E-state index contributed by atoms with van der Waals surface area (Å²) in [5, 5.41) is 1.61. The molecule has 1 unspecified atom stereocenters. The van der Waals surface area contributed by atoms with E-state index in [2.05, 4.69) is 72.5 Å². The van der Waals surface area contributed by atoms with Crippen molar-refractivity contribution >= 4 is 8.07 Å². The molecule has 0 fully saturated rings. The van der Waals surface area contributed by atoms with E-state index in [1.807, 2.05) is 0 Å². The lowest BCUT2D eigenvalue weighted by molar-refractivity contribution is 0.799. The Morgan fingerprint density at radius 1 is 0.810 bits per heavy atom. The maximum Gasteiger partial charge on any atom is 0.0771 e. The van der Waals surface area contributed by atoms with Crippen LogP contribution in [0.3, 0.4) is 0 Å². The van der Waals surface area contributed by atoms with Gasteiger partial charge in [-0.15, -0.1) is 0 Å². The van der Waals surface area contributed by atoms with Gasteiger partial charge in [0.15, 0.2) is 0 Å². The number of benzene rings is 1. The Bertz CT molecular complexity index is 595. The summed E-state index contributed by atoms with van der Waals surface area (Å²) in [6, 6.07) is 0. The highest BCUT2D eigenvalue weighted by atomic mass is 28.3. The second kappa shape index (κ2) is 5.60. The van der Waals surface area contributed by atoms with Gasteiger partial charge >= 0.3 is 0 Å². The van der Waals surface area contributed by atoms with Gasteiger partial charge in [0, 0.05) is 0 Å². The van der Waals surface area contributed by atoms with E-state index in [9.17, 15) is 0 Å². The normalized spacial score (nSPS) is 18.3. The molecule has 0 aliphatic heterocycles. The van der Waals surface area contributed by atoms with E-state index in [0.717, 1.165) is 6.42 Å². The van der Waals surface area contributed by atoms with E-state index in [1.165, 1.54) is 27.8 Å². The molecule has 1 atom stereocenters. The molecule has 0 bridgehead atoms. The first kappa shape index (κ1) is 16.3. The van der Waals surface area contributed by atoms with Crippen molar-refractivity contribution in [2.24, 2.45) is 5.92 Å². The van der Waals surface area contributed by atoms with Crippen LogP contribution in [0.5, 0.6) is 0 Å². The molecule has 0 heterocycles. The first-order valence-corrected chi connectivity index (χ1v) is 11.6. The molecule has 0 nitrogen and oxygen atoms in total. The average Bonchev–Trinajstić information content (AvgIpc) is 2.88. The van der Waals surface area contributed by atoms with Crippen LogP contribution < -0.4 is 0 Å². The van der Waals surface area contributed by atoms with E-state index < -0.39 is 8.07 Å². The van der Waals surface area contributed by atoms with E-state index in [0.29, 0.717) is 5.92 Å². The molecule has 0 N–H and O–H groups in total. The Hall–Kier alpha value is -1.08. The maximum atomic E-state index is 2.52. The molecule has 1 aromatic rings. The number of rotatable bonds is 3. The van der Waals surface area contributed by atoms with Crippen molar-refractivity contribution in [2.75, 3.05) is 0 Å². The van der Waals surface area contributed by atoms with Crippen molar-refractivity contribution in [2.45, 2.75) is 60.7 Å². The molecular weight excluding hydrogens is 268 g/mol. The van der Waals surface area contributed by atoms with Gasteiger partial charge in [0.1, 0.15) is 0 Å². The lowest BCUT2D eigenvalue weighted by Crippen LogP contribution is -2.22. The van der Waals surface area contributed by atoms with Crippen LogP contribution in [-0.4, -0.2) is 8.07 Å². The fourth-order valence-electron chi connectivity index (χ4n) is 3.32. The molecule has 0 spiro atoms. The number of allylic oxidation sites excluding steroid dienone is 4. The summed E-state index contributed by atoms with van der Waals surface area (Å²) in [5.74, 6) is 0.589. The van der Waals surface area contributed by atoms with Crippen LogP contribution in [0.15, 0.2) is 23.4 Å². The highest BCUT2D eigenvalue weighted by Gasteiger charge is 2.23. The molecule has 0 aromatic heterocycles. The second-order valence-corrected chi connectivity index (χ2v) is 12.8. The summed E-state index contributed by atoms with van der Waals surface area (Å²) >= 11 is 0. The fraction of sp³-hybridized carbons (Fsp3) is 0.500. The fourth-order valence-corrected chi connectivity index (χ4v) is 4.63. The molecule has 1 aromatic carbocycles. The Labute approximate surface area is 132 Å². The van der Waals surface area contributed by atoms with Crippen LogP contribution in [0.2, 0.25) is 19.6 Å². The largest absolute Gasteiger partial charge is 0.0780 e. The lowest BCUT2D eigenvalue weighted by atomic mass is 9.85. The highest BCUT2D eigenvalue weighted by Crippen LogP contribution is 2.31. The van der Waals surface area contributed by atoms with Gasteiger partial charge in [-0.05, 0) is 80.3 Å². The minimum absolute atomic E-state index is 0.589. The van der Waals surface area contributed by atoms with Gasteiger partial charge in [0.2, 0.25) is 0 Å². The van der Waals surface area contributed by atoms with Crippen LogP contribution in [0.4, 0.5) is 0 Å². The van der Waals surface area contributed by atoms with E-state index in [-0.39, 0.29) is 0 Å². The van der Waals surface area contributed by atoms with Crippen molar-refractivity contribution < 1.29 is 0 Å². The number of hydrogen-bond donors (Lipinski definition) is 0. The quantitative estimate of drug-likeness (QED) is 0.622. The Balaban J connectivity index is 2.35. The van der Waals surface area contributed by atoms with E-state index in [4.69, 9.17) is 0 Å². The minimum Gasteiger partial charge on any atom is -0.0780 e. The van der Waals surface area contributed by atoms with Crippen LogP contribution in [0.1, 0.15) is 33.4 Å². The zero-order valence-corrected chi connectivity index (χ0v) is 16.0. The first-order valence-electron chi connectivity index (χ1n) is 8.09. The summed E-state index contributed by atoms with van der Waals surface area (Å²) in [4.78, 5) is 0. The molecule has 0 radical (unpaired) electrons.